The van der Waals surface area contributed by atoms with Crippen molar-refractivity contribution in [2.75, 3.05) is 7.11 Å². The van der Waals surface area contributed by atoms with E-state index in [0.29, 0.717) is 29.7 Å². The van der Waals surface area contributed by atoms with Crippen LogP contribution in [0.2, 0.25) is 0 Å². The monoisotopic (exact) mass is 248 g/mol. The average molecular weight is 248 g/mol. The van der Waals surface area contributed by atoms with Gasteiger partial charge in [0, 0.05) is 12.6 Å². The Morgan fingerprint density at radius 2 is 2.28 bits per heavy atom. The Morgan fingerprint density at radius 3 is 3.00 bits per heavy atom. The molecular formula is C12H12N2O4. The number of hydrogen-bond donors (Lipinski definition) is 2. The number of phenolic OH excluding ortho intramolecular Hbond substituents is 1. The topological polar surface area (TPSA) is 84.6 Å². The van der Waals surface area contributed by atoms with E-state index in [1.54, 1.807) is 0 Å². The summed E-state index contributed by atoms with van der Waals surface area (Å²) in [4.78, 5) is 16.5. The molecule has 3 rings (SSSR count). The second-order valence-corrected chi connectivity index (χ2v) is 4.27. The van der Waals surface area contributed by atoms with Crippen LogP contribution in [0, 0.1) is 0 Å². The quantitative estimate of drug-likeness (QED) is 0.769. The molecule has 0 amide bonds. The van der Waals surface area contributed by atoms with Gasteiger partial charge in [0.25, 0.3) is 5.56 Å². The van der Waals surface area contributed by atoms with Crippen molar-refractivity contribution in [1.82, 2.24) is 9.55 Å². The van der Waals surface area contributed by atoms with Gasteiger partial charge in [0.1, 0.15) is 11.9 Å². The summed E-state index contributed by atoms with van der Waals surface area (Å²) in [6.45, 7) is 0.460. The fourth-order valence-corrected chi connectivity index (χ4v) is 2.27. The molecule has 1 aromatic carbocycles. The molecule has 0 saturated carbocycles. The van der Waals surface area contributed by atoms with Gasteiger partial charge in [-0.25, -0.2) is 4.98 Å². The summed E-state index contributed by atoms with van der Waals surface area (Å²) in [5.41, 5.74) is 0.148. The Kier molecular flexibility index (Phi) is 2.27. The van der Waals surface area contributed by atoms with Gasteiger partial charge in [0.15, 0.2) is 11.5 Å². The Hall–Kier alpha value is -2.08. The minimum Gasteiger partial charge on any atom is -0.504 e. The highest BCUT2D eigenvalue weighted by Gasteiger charge is 2.24. The first-order chi connectivity index (χ1) is 8.61. The standard InChI is InChI=1S/C12H12N2O4/c1-18-10-4-6-7(5-9(10)16)13-11-8(15)2-3-14(11)12(6)17/h4-5,8,15-16H,2-3H2,1H3. The number of benzene rings is 1. The van der Waals surface area contributed by atoms with Crippen LogP contribution in [0.15, 0.2) is 16.9 Å². The number of hydrogen-bond acceptors (Lipinski definition) is 5. The summed E-state index contributed by atoms with van der Waals surface area (Å²) in [6, 6.07) is 2.85. The molecular weight excluding hydrogens is 236 g/mol. The van der Waals surface area contributed by atoms with Crippen LogP contribution >= 0.6 is 0 Å². The van der Waals surface area contributed by atoms with Gasteiger partial charge >= 0.3 is 0 Å². The Morgan fingerprint density at radius 1 is 1.50 bits per heavy atom. The summed E-state index contributed by atoms with van der Waals surface area (Å²) in [6.07, 6.45) is -0.229. The van der Waals surface area contributed by atoms with E-state index < -0.39 is 6.10 Å². The molecule has 2 aromatic rings. The molecule has 1 aliphatic rings. The predicted octanol–water partition coefficient (Wildman–Crippen LogP) is 0.548. The lowest BCUT2D eigenvalue weighted by Gasteiger charge is -2.09. The Labute approximate surface area is 102 Å². The van der Waals surface area contributed by atoms with Gasteiger partial charge in [0.2, 0.25) is 0 Å². The van der Waals surface area contributed by atoms with E-state index in [4.69, 9.17) is 4.74 Å². The van der Waals surface area contributed by atoms with E-state index in [1.807, 2.05) is 0 Å². The largest absolute Gasteiger partial charge is 0.504 e. The third kappa shape index (κ3) is 1.39. The Balaban J connectivity index is 2.39. The summed E-state index contributed by atoms with van der Waals surface area (Å²) in [7, 11) is 1.42. The fourth-order valence-electron chi connectivity index (χ4n) is 2.27. The molecule has 1 unspecified atom stereocenters. The Bertz CT molecular complexity index is 693. The molecule has 6 heteroatoms. The molecule has 2 heterocycles. The van der Waals surface area contributed by atoms with Crippen LogP contribution in [0.3, 0.4) is 0 Å². The first kappa shape index (κ1) is 11.0. The third-order valence-electron chi connectivity index (χ3n) is 3.21. The maximum atomic E-state index is 12.2. The van der Waals surface area contributed by atoms with Crippen LogP contribution in [0.4, 0.5) is 0 Å². The first-order valence-corrected chi connectivity index (χ1v) is 5.61. The van der Waals surface area contributed by atoms with Crippen LogP contribution in [0.1, 0.15) is 18.3 Å². The number of phenols is 1. The number of aliphatic hydroxyl groups is 1. The molecule has 0 saturated heterocycles. The molecule has 0 bridgehead atoms. The molecule has 0 fully saturated rings. The van der Waals surface area contributed by atoms with Crippen molar-refractivity contribution in [1.29, 1.82) is 0 Å². The number of fused-ring (bicyclic) bond motifs is 2. The zero-order valence-corrected chi connectivity index (χ0v) is 9.75. The second-order valence-electron chi connectivity index (χ2n) is 4.27. The number of methoxy groups -OCH3 is 1. The van der Waals surface area contributed by atoms with Crippen molar-refractivity contribution in [3.63, 3.8) is 0 Å². The number of nitrogens with zero attached hydrogens (tertiary/aromatic N) is 2. The highest BCUT2D eigenvalue weighted by Crippen LogP contribution is 2.30. The van der Waals surface area contributed by atoms with Gasteiger partial charge in [-0.2, -0.15) is 0 Å². The summed E-state index contributed by atoms with van der Waals surface area (Å²) in [5.74, 6) is 0.520. The van der Waals surface area contributed by atoms with Gasteiger partial charge in [0.05, 0.1) is 18.0 Å². The highest BCUT2D eigenvalue weighted by atomic mass is 16.5. The molecule has 0 aliphatic carbocycles. The van der Waals surface area contributed by atoms with E-state index in [1.165, 1.54) is 23.8 Å². The highest BCUT2D eigenvalue weighted by molar-refractivity contribution is 5.81. The van der Waals surface area contributed by atoms with Crippen molar-refractivity contribution in [2.24, 2.45) is 0 Å². The molecule has 94 valence electrons. The summed E-state index contributed by atoms with van der Waals surface area (Å²) >= 11 is 0. The SMILES string of the molecule is COc1cc2c(=O)n3c(nc2cc1O)C(O)CC3. The summed E-state index contributed by atoms with van der Waals surface area (Å²) in [5, 5.41) is 19.8. The average Bonchev–Trinajstić information content (AvgIpc) is 2.71. The lowest BCUT2D eigenvalue weighted by Crippen LogP contribution is -2.21. The normalized spacial score (nSPS) is 18.0. The van der Waals surface area contributed by atoms with Crippen LogP contribution in [-0.4, -0.2) is 26.9 Å². The van der Waals surface area contributed by atoms with E-state index in [9.17, 15) is 15.0 Å². The number of aliphatic hydroxyl groups excluding tert-OH is 1. The molecule has 2 N–H and O–H groups in total. The maximum absolute atomic E-state index is 12.2. The smallest absolute Gasteiger partial charge is 0.261 e. The van der Waals surface area contributed by atoms with Crippen molar-refractivity contribution in [3.05, 3.63) is 28.3 Å². The molecule has 1 aliphatic heterocycles. The molecule has 1 atom stereocenters. The third-order valence-corrected chi connectivity index (χ3v) is 3.21. The van der Waals surface area contributed by atoms with E-state index in [-0.39, 0.29) is 17.1 Å². The van der Waals surface area contributed by atoms with Gasteiger partial charge < -0.3 is 14.9 Å². The lowest BCUT2D eigenvalue weighted by molar-refractivity contribution is 0.176. The molecule has 1 aromatic heterocycles. The van der Waals surface area contributed by atoms with Crippen molar-refractivity contribution >= 4 is 10.9 Å². The van der Waals surface area contributed by atoms with Crippen LogP contribution < -0.4 is 10.3 Å². The van der Waals surface area contributed by atoms with Crippen LogP contribution in [0.25, 0.3) is 10.9 Å². The lowest BCUT2D eigenvalue weighted by atomic mass is 10.2. The van der Waals surface area contributed by atoms with Gasteiger partial charge in [-0.3, -0.25) is 9.36 Å². The summed E-state index contributed by atoms with van der Waals surface area (Å²) < 4.78 is 6.44. The predicted molar refractivity (Wildman–Crippen MR) is 63.8 cm³/mol. The molecule has 6 nitrogen and oxygen atoms in total. The van der Waals surface area contributed by atoms with Crippen molar-refractivity contribution < 1.29 is 14.9 Å². The van der Waals surface area contributed by atoms with E-state index >= 15 is 0 Å². The van der Waals surface area contributed by atoms with Gasteiger partial charge in [-0.05, 0) is 12.5 Å². The van der Waals surface area contributed by atoms with Gasteiger partial charge in [-0.1, -0.05) is 0 Å². The van der Waals surface area contributed by atoms with Crippen molar-refractivity contribution in [2.45, 2.75) is 19.1 Å². The van der Waals surface area contributed by atoms with Gasteiger partial charge in [-0.15, -0.1) is 0 Å². The number of ether oxygens (including phenoxy) is 1. The zero-order valence-electron chi connectivity index (χ0n) is 9.75. The minimum atomic E-state index is -0.716. The minimum absolute atomic E-state index is 0.0747. The fraction of sp³-hybridized carbons (Fsp3) is 0.333. The van der Waals surface area contributed by atoms with E-state index in [0.717, 1.165) is 0 Å². The zero-order chi connectivity index (χ0) is 12.9. The molecule has 18 heavy (non-hydrogen) atoms. The molecule has 0 radical (unpaired) electrons. The maximum Gasteiger partial charge on any atom is 0.261 e. The number of aromatic nitrogens is 2. The number of aromatic hydroxyl groups is 1. The van der Waals surface area contributed by atoms with E-state index in [2.05, 4.69) is 4.98 Å². The molecule has 0 spiro atoms. The second kappa shape index (κ2) is 3.71. The van der Waals surface area contributed by atoms with Crippen molar-refractivity contribution in [3.8, 4) is 11.5 Å². The first-order valence-electron chi connectivity index (χ1n) is 5.61. The number of rotatable bonds is 1. The van der Waals surface area contributed by atoms with Crippen LogP contribution in [-0.2, 0) is 6.54 Å². The van der Waals surface area contributed by atoms with Crippen LogP contribution in [0.5, 0.6) is 11.5 Å².